The predicted molar refractivity (Wildman–Crippen MR) is 71.8 cm³/mol. The van der Waals surface area contributed by atoms with E-state index in [0.29, 0.717) is 6.42 Å². The second-order valence-electron chi connectivity index (χ2n) is 4.03. The van der Waals surface area contributed by atoms with Crippen LogP contribution in [-0.4, -0.2) is 10.1 Å². The predicted octanol–water partition coefficient (Wildman–Crippen LogP) is 3.43. The van der Waals surface area contributed by atoms with Crippen molar-refractivity contribution in [3.05, 3.63) is 63.9 Å². The third-order valence-electron chi connectivity index (χ3n) is 2.72. The molecule has 1 heterocycles. The number of aromatic nitrogens is 1. The van der Waals surface area contributed by atoms with Crippen molar-refractivity contribution in [2.45, 2.75) is 19.4 Å². The molecule has 0 amide bonds. The fourth-order valence-electron chi connectivity index (χ4n) is 1.85. The number of aliphatic hydroxyl groups excluding tert-OH is 1. The maximum atomic E-state index is 10.2. The minimum Gasteiger partial charge on any atom is -0.388 e. The van der Waals surface area contributed by atoms with E-state index in [1.807, 2.05) is 43.3 Å². The van der Waals surface area contributed by atoms with Gasteiger partial charge in [0.1, 0.15) is 0 Å². The van der Waals surface area contributed by atoms with Gasteiger partial charge in [0.2, 0.25) is 0 Å². The third kappa shape index (κ3) is 3.14. The van der Waals surface area contributed by atoms with Gasteiger partial charge in [0.25, 0.3) is 0 Å². The van der Waals surface area contributed by atoms with E-state index in [2.05, 4.69) is 20.9 Å². The summed E-state index contributed by atoms with van der Waals surface area (Å²) in [5, 5.41) is 10.2. The van der Waals surface area contributed by atoms with Crippen LogP contribution in [0.15, 0.2) is 47.1 Å². The highest BCUT2D eigenvalue weighted by Gasteiger charge is 2.11. The van der Waals surface area contributed by atoms with Gasteiger partial charge in [-0.15, -0.1) is 0 Å². The van der Waals surface area contributed by atoms with Gasteiger partial charge in [0.05, 0.1) is 6.10 Å². The van der Waals surface area contributed by atoms with E-state index in [-0.39, 0.29) is 0 Å². The molecule has 2 rings (SSSR count). The molecule has 88 valence electrons. The maximum Gasteiger partial charge on any atom is 0.0847 e. The summed E-state index contributed by atoms with van der Waals surface area (Å²) in [6, 6.07) is 11.8. The fraction of sp³-hybridized carbons (Fsp3) is 0.214. The molecular weight excluding hydrogens is 278 g/mol. The van der Waals surface area contributed by atoms with Gasteiger partial charge in [0.15, 0.2) is 0 Å². The first-order valence-corrected chi connectivity index (χ1v) is 6.30. The van der Waals surface area contributed by atoms with E-state index in [9.17, 15) is 5.11 Å². The van der Waals surface area contributed by atoms with Crippen molar-refractivity contribution in [3.63, 3.8) is 0 Å². The van der Waals surface area contributed by atoms with Gasteiger partial charge < -0.3 is 5.11 Å². The van der Waals surface area contributed by atoms with Crippen LogP contribution in [0, 0.1) is 6.92 Å². The zero-order valence-electron chi connectivity index (χ0n) is 9.60. The lowest BCUT2D eigenvalue weighted by atomic mass is 10.0. The molecule has 0 aliphatic carbocycles. The lowest BCUT2D eigenvalue weighted by Gasteiger charge is -2.13. The second kappa shape index (κ2) is 5.43. The summed E-state index contributed by atoms with van der Waals surface area (Å²) in [5.41, 5.74) is 2.89. The van der Waals surface area contributed by atoms with Crippen molar-refractivity contribution >= 4 is 15.9 Å². The van der Waals surface area contributed by atoms with Gasteiger partial charge in [-0.1, -0.05) is 34.1 Å². The molecule has 3 heteroatoms. The van der Waals surface area contributed by atoms with Crippen LogP contribution in [0.2, 0.25) is 0 Å². The highest BCUT2D eigenvalue weighted by molar-refractivity contribution is 9.10. The molecule has 1 aromatic carbocycles. The summed E-state index contributed by atoms with van der Waals surface area (Å²) in [7, 11) is 0. The Hall–Kier alpha value is -1.19. The quantitative estimate of drug-likeness (QED) is 0.940. The van der Waals surface area contributed by atoms with Crippen LogP contribution in [0.3, 0.4) is 0 Å². The Bertz CT molecular complexity index is 513. The lowest BCUT2D eigenvalue weighted by molar-refractivity contribution is 0.177. The van der Waals surface area contributed by atoms with Crippen molar-refractivity contribution in [1.82, 2.24) is 4.98 Å². The van der Waals surface area contributed by atoms with Crippen LogP contribution < -0.4 is 0 Å². The molecule has 0 saturated carbocycles. The van der Waals surface area contributed by atoms with Gasteiger partial charge in [-0.2, -0.15) is 0 Å². The minimum absolute atomic E-state index is 0.502. The Labute approximate surface area is 109 Å². The van der Waals surface area contributed by atoms with Crippen LogP contribution >= 0.6 is 15.9 Å². The monoisotopic (exact) mass is 291 g/mol. The molecule has 2 aromatic rings. The number of hydrogen-bond acceptors (Lipinski definition) is 2. The maximum absolute atomic E-state index is 10.2. The molecule has 0 saturated heterocycles. The van der Waals surface area contributed by atoms with Crippen molar-refractivity contribution in [1.29, 1.82) is 0 Å². The van der Waals surface area contributed by atoms with E-state index in [0.717, 1.165) is 21.3 Å². The number of pyridine rings is 1. The van der Waals surface area contributed by atoms with Crippen LogP contribution in [0.25, 0.3) is 0 Å². The number of hydrogen-bond donors (Lipinski definition) is 1. The number of aliphatic hydroxyl groups is 1. The van der Waals surface area contributed by atoms with Gasteiger partial charge in [-0.3, -0.25) is 4.98 Å². The van der Waals surface area contributed by atoms with E-state index < -0.39 is 6.10 Å². The fourth-order valence-corrected chi connectivity index (χ4v) is 2.29. The Morgan fingerprint density at radius 3 is 2.82 bits per heavy atom. The Balaban J connectivity index is 2.17. The standard InChI is InChI=1S/C14H14BrNO/c1-10-13(6-3-7-16-10)14(17)9-11-4-2-5-12(15)8-11/h2-8,14,17H,9H2,1H3. The molecule has 1 unspecified atom stereocenters. The Kier molecular flexibility index (Phi) is 3.92. The van der Waals surface area contributed by atoms with Gasteiger partial charge >= 0.3 is 0 Å². The van der Waals surface area contributed by atoms with Crippen LogP contribution in [-0.2, 0) is 6.42 Å². The van der Waals surface area contributed by atoms with Crippen molar-refractivity contribution in [3.8, 4) is 0 Å². The molecule has 0 radical (unpaired) electrons. The highest BCUT2D eigenvalue weighted by Crippen LogP contribution is 2.21. The summed E-state index contributed by atoms with van der Waals surface area (Å²) in [6.07, 6.45) is 1.84. The lowest BCUT2D eigenvalue weighted by Crippen LogP contribution is -2.04. The van der Waals surface area contributed by atoms with E-state index >= 15 is 0 Å². The number of rotatable bonds is 3. The van der Waals surface area contributed by atoms with Crippen molar-refractivity contribution in [2.75, 3.05) is 0 Å². The Morgan fingerprint density at radius 1 is 1.29 bits per heavy atom. The molecule has 0 aliphatic heterocycles. The van der Waals surface area contributed by atoms with Gasteiger partial charge in [-0.05, 0) is 30.7 Å². The first-order chi connectivity index (χ1) is 8.16. The molecule has 1 aromatic heterocycles. The number of nitrogens with zero attached hydrogens (tertiary/aromatic N) is 1. The first kappa shape index (κ1) is 12.3. The summed E-state index contributed by atoms with van der Waals surface area (Å²) in [5.74, 6) is 0. The first-order valence-electron chi connectivity index (χ1n) is 5.51. The number of benzene rings is 1. The highest BCUT2D eigenvalue weighted by atomic mass is 79.9. The summed E-state index contributed by atoms with van der Waals surface area (Å²) >= 11 is 3.43. The largest absolute Gasteiger partial charge is 0.388 e. The number of aryl methyl sites for hydroxylation is 1. The molecule has 0 fully saturated rings. The molecular formula is C14H14BrNO. The molecule has 1 N–H and O–H groups in total. The Morgan fingerprint density at radius 2 is 2.12 bits per heavy atom. The average molecular weight is 292 g/mol. The zero-order chi connectivity index (χ0) is 12.3. The summed E-state index contributed by atoms with van der Waals surface area (Å²) in [6.45, 7) is 1.92. The van der Waals surface area contributed by atoms with E-state index in [4.69, 9.17) is 0 Å². The van der Waals surface area contributed by atoms with Gasteiger partial charge in [-0.25, -0.2) is 0 Å². The molecule has 17 heavy (non-hydrogen) atoms. The summed E-state index contributed by atoms with van der Waals surface area (Å²) in [4.78, 5) is 4.19. The van der Waals surface area contributed by atoms with Crippen molar-refractivity contribution in [2.24, 2.45) is 0 Å². The third-order valence-corrected chi connectivity index (χ3v) is 3.22. The van der Waals surface area contributed by atoms with Crippen molar-refractivity contribution < 1.29 is 5.11 Å². The van der Waals surface area contributed by atoms with E-state index in [1.165, 1.54) is 0 Å². The summed E-state index contributed by atoms with van der Waals surface area (Å²) < 4.78 is 1.03. The van der Waals surface area contributed by atoms with Crippen LogP contribution in [0.5, 0.6) is 0 Å². The molecule has 0 spiro atoms. The molecule has 2 nitrogen and oxygen atoms in total. The average Bonchev–Trinajstić information content (AvgIpc) is 2.29. The normalized spacial score (nSPS) is 12.4. The van der Waals surface area contributed by atoms with E-state index in [1.54, 1.807) is 6.20 Å². The topological polar surface area (TPSA) is 33.1 Å². The smallest absolute Gasteiger partial charge is 0.0847 e. The second-order valence-corrected chi connectivity index (χ2v) is 4.94. The minimum atomic E-state index is -0.502. The number of halogens is 1. The zero-order valence-corrected chi connectivity index (χ0v) is 11.2. The molecule has 0 aliphatic rings. The molecule has 1 atom stereocenters. The van der Waals surface area contributed by atoms with Crippen LogP contribution in [0.4, 0.5) is 0 Å². The SMILES string of the molecule is Cc1ncccc1C(O)Cc1cccc(Br)c1. The molecule has 0 bridgehead atoms. The van der Waals surface area contributed by atoms with Gasteiger partial charge in [0, 0.05) is 28.3 Å². The van der Waals surface area contributed by atoms with Crippen LogP contribution in [0.1, 0.15) is 22.9 Å².